The molecule has 1 aromatic rings. The Hall–Kier alpha value is -1.63. The SMILES string of the molecule is N#Cc1nccn1C=O. The molecule has 9 heavy (non-hydrogen) atoms. The Bertz CT molecular complexity index is 257. The van der Waals surface area contributed by atoms with Gasteiger partial charge in [-0.25, -0.2) is 4.98 Å². The van der Waals surface area contributed by atoms with Crippen LogP contribution in [0.2, 0.25) is 0 Å². The quantitative estimate of drug-likeness (QED) is 0.483. The van der Waals surface area contributed by atoms with Gasteiger partial charge in [-0.05, 0) is 0 Å². The van der Waals surface area contributed by atoms with Gasteiger partial charge in [0.05, 0.1) is 0 Å². The maximum absolute atomic E-state index is 10.0. The van der Waals surface area contributed by atoms with E-state index < -0.39 is 0 Å². The largest absolute Gasteiger partial charge is 0.278 e. The fourth-order valence-electron chi connectivity index (χ4n) is 0.485. The topological polar surface area (TPSA) is 58.7 Å². The summed E-state index contributed by atoms with van der Waals surface area (Å²) in [7, 11) is 0. The predicted molar refractivity (Wildman–Crippen MR) is 29.1 cm³/mol. The van der Waals surface area contributed by atoms with Crippen LogP contribution in [0.25, 0.3) is 0 Å². The molecule has 1 rings (SSSR count). The van der Waals surface area contributed by atoms with Gasteiger partial charge in [-0.15, -0.1) is 0 Å². The first-order valence-corrected chi connectivity index (χ1v) is 2.26. The third-order valence-corrected chi connectivity index (χ3v) is 0.882. The summed E-state index contributed by atoms with van der Waals surface area (Å²) >= 11 is 0. The van der Waals surface area contributed by atoms with E-state index in [1.165, 1.54) is 12.4 Å². The molecule has 0 amide bonds. The molecule has 0 saturated carbocycles. The maximum Gasteiger partial charge on any atom is 0.220 e. The second kappa shape index (κ2) is 2.09. The summed E-state index contributed by atoms with van der Waals surface area (Å²) in [6.07, 6.45) is 3.35. The molecule has 0 unspecified atom stereocenters. The van der Waals surface area contributed by atoms with E-state index >= 15 is 0 Å². The molecular weight excluding hydrogens is 118 g/mol. The molecule has 44 valence electrons. The van der Waals surface area contributed by atoms with E-state index in [1.54, 1.807) is 6.07 Å². The van der Waals surface area contributed by atoms with Gasteiger partial charge >= 0.3 is 0 Å². The van der Waals surface area contributed by atoms with E-state index in [9.17, 15) is 4.79 Å². The zero-order valence-corrected chi connectivity index (χ0v) is 4.48. The Kier molecular flexibility index (Phi) is 1.28. The highest BCUT2D eigenvalue weighted by Gasteiger charge is 1.95. The van der Waals surface area contributed by atoms with Crippen LogP contribution >= 0.6 is 0 Å². The zero-order chi connectivity index (χ0) is 6.69. The first-order chi connectivity index (χ1) is 4.38. The molecule has 0 fully saturated rings. The standard InChI is InChI=1S/C5H3N3O/c6-3-5-7-1-2-8(5)4-9/h1-2,4H. The smallest absolute Gasteiger partial charge is 0.220 e. The minimum atomic E-state index is 0.116. The fourth-order valence-corrected chi connectivity index (χ4v) is 0.485. The highest BCUT2D eigenvalue weighted by molar-refractivity contribution is 5.54. The molecule has 0 aliphatic heterocycles. The van der Waals surface area contributed by atoms with E-state index in [0.717, 1.165) is 4.57 Å². The molecule has 0 aromatic carbocycles. The molecule has 0 aliphatic carbocycles. The number of hydrogen-bond donors (Lipinski definition) is 0. The summed E-state index contributed by atoms with van der Waals surface area (Å²) in [4.78, 5) is 13.6. The monoisotopic (exact) mass is 121 g/mol. The average molecular weight is 121 g/mol. The minimum Gasteiger partial charge on any atom is -0.278 e. The van der Waals surface area contributed by atoms with Crippen molar-refractivity contribution in [3.05, 3.63) is 18.2 Å². The minimum absolute atomic E-state index is 0.116. The summed E-state index contributed by atoms with van der Waals surface area (Å²) in [6, 6.07) is 1.75. The van der Waals surface area contributed by atoms with Crippen molar-refractivity contribution in [2.24, 2.45) is 0 Å². The van der Waals surface area contributed by atoms with Crippen molar-refractivity contribution >= 4 is 6.41 Å². The van der Waals surface area contributed by atoms with Gasteiger partial charge in [-0.1, -0.05) is 0 Å². The Balaban J connectivity index is 3.17. The summed E-state index contributed by atoms with van der Waals surface area (Å²) < 4.78 is 1.11. The van der Waals surface area contributed by atoms with Gasteiger partial charge in [0.1, 0.15) is 6.07 Å². The van der Waals surface area contributed by atoms with Crippen LogP contribution in [0.1, 0.15) is 5.82 Å². The highest BCUT2D eigenvalue weighted by Crippen LogP contribution is 1.88. The average Bonchev–Trinajstić information content (AvgIpc) is 2.33. The summed E-state index contributed by atoms with van der Waals surface area (Å²) in [5.74, 6) is 0.116. The molecule has 0 bridgehead atoms. The number of imidazole rings is 1. The normalized spacial score (nSPS) is 8.33. The zero-order valence-electron chi connectivity index (χ0n) is 4.48. The van der Waals surface area contributed by atoms with Crippen molar-refractivity contribution in [2.45, 2.75) is 0 Å². The summed E-state index contributed by atoms with van der Waals surface area (Å²) in [5.41, 5.74) is 0. The molecular formula is C5H3N3O. The van der Waals surface area contributed by atoms with E-state index in [1.807, 2.05) is 0 Å². The predicted octanol–water partition coefficient (Wildman–Crippen LogP) is -0.207. The van der Waals surface area contributed by atoms with E-state index in [2.05, 4.69) is 4.98 Å². The number of aromatic nitrogens is 2. The van der Waals surface area contributed by atoms with E-state index in [0.29, 0.717) is 6.41 Å². The lowest BCUT2D eigenvalue weighted by Crippen LogP contribution is -1.95. The third-order valence-electron chi connectivity index (χ3n) is 0.882. The van der Waals surface area contributed by atoms with Gasteiger partial charge in [0.15, 0.2) is 0 Å². The van der Waals surface area contributed by atoms with Gasteiger partial charge < -0.3 is 0 Å². The molecule has 0 spiro atoms. The van der Waals surface area contributed by atoms with Crippen molar-refractivity contribution in [2.75, 3.05) is 0 Å². The lowest BCUT2D eigenvalue weighted by molar-refractivity contribution is 0.546. The molecule has 0 atom stereocenters. The molecule has 0 aliphatic rings. The van der Waals surface area contributed by atoms with Crippen molar-refractivity contribution < 1.29 is 4.79 Å². The van der Waals surface area contributed by atoms with Crippen LogP contribution in [0.4, 0.5) is 0 Å². The van der Waals surface area contributed by atoms with Crippen LogP contribution in [-0.2, 0) is 4.79 Å². The lowest BCUT2D eigenvalue weighted by atomic mass is 10.7. The Morgan fingerprint density at radius 1 is 1.89 bits per heavy atom. The summed E-state index contributed by atoms with van der Waals surface area (Å²) in [6.45, 7) is 0. The molecule has 1 heterocycles. The van der Waals surface area contributed by atoms with Gasteiger partial charge in [-0.3, -0.25) is 9.36 Å². The highest BCUT2D eigenvalue weighted by atomic mass is 16.1. The number of nitrogens with zero attached hydrogens (tertiary/aromatic N) is 3. The summed E-state index contributed by atoms with van der Waals surface area (Å²) in [5, 5.41) is 8.25. The first kappa shape index (κ1) is 5.51. The lowest BCUT2D eigenvalue weighted by Gasteiger charge is -1.83. The molecule has 4 heteroatoms. The van der Waals surface area contributed by atoms with Crippen LogP contribution in [-0.4, -0.2) is 16.0 Å². The van der Waals surface area contributed by atoms with E-state index in [4.69, 9.17) is 5.26 Å². The van der Waals surface area contributed by atoms with Gasteiger partial charge in [0, 0.05) is 12.4 Å². The van der Waals surface area contributed by atoms with Crippen LogP contribution in [0.3, 0.4) is 0 Å². The number of nitriles is 1. The van der Waals surface area contributed by atoms with Crippen LogP contribution < -0.4 is 0 Å². The van der Waals surface area contributed by atoms with Crippen molar-refractivity contribution in [3.63, 3.8) is 0 Å². The maximum atomic E-state index is 10.0. The Morgan fingerprint density at radius 2 is 2.67 bits per heavy atom. The number of rotatable bonds is 1. The number of carbonyl (C=O) groups is 1. The van der Waals surface area contributed by atoms with Crippen LogP contribution in [0.15, 0.2) is 12.4 Å². The first-order valence-electron chi connectivity index (χ1n) is 2.26. The van der Waals surface area contributed by atoms with Gasteiger partial charge in [0.2, 0.25) is 12.2 Å². The van der Waals surface area contributed by atoms with E-state index in [-0.39, 0.29) is 5.82 Å². The van der Waals surface area contributed by atoms with Crippen molar-refractivity contribution in [1.29, 1.82) is 5.26 Å². The van der Waals surface area contributed by atoms with Crippen molar-refractivity contribution in [1.82, 2.24) is 9.55 Å². The van der Waals surface area contributed by atoms with Gasteiger partial charge in [0.25, 0.3) is 0 Å². The Morgan fingerprint density at radius 3 is 3.11 bits per heavy atom. The third kappa shape index (κ3) is 0.795. The van der Waals surface area contributed by atoms with Crippen LogP contribution in [0.5, 0.6) is 0 Å². The fraction of sp³-hybridized carbons (Fsp3) is 0. The number of hydrogen-bond acceptors (Lipinski definition) is 3. The molecule has 0 radical (unpaired) electrons. The number of carbonyl (C=O) groups excluding carboxylic acids is 1. The van der Waals surface area contributed by atoms with Gasteiger partial charge in [-0.2, -0.15) is 5.26 Å². The molecule has 0 saturated heterocycles. The van der Waals surface area contributed by atoms with Crippen LogP contribution in [0, 0.1) is 11.3 Å². The molecule has 1 aromatic heterocycles. The Labute approximate surface area is 51.4 Å². The second-order valence-electron chi connectivity index (χ2n) is 1.38. The molecule has 0 N–H and O–H groups in total. The van der Waals surface area contributed by atoms with Crippen molar-refractivity contribution in [3.8, 4) is 6.07 Å². The molecule has 4 nitrogen and oxygen atoms in total. The second-order valence-corrected chi connectivity index (χ2v) is 1.38.